The fourth-order valence-corrected chi connectivity index (χ4v) is 3.52. The van der Waals surface area contributed by atoms with Gasteiger partial charge in [0.05, 0.1) is 22.5 Å². The van der Waals surface area contributed by atoms with Crippen molar-refractivity contribution in [2.24, 2.45) is 0 Å². The van der Waals surface area contributed by atoms with E-state index < -0.39 is 27.5 Å². The molecule has 1 amide bonds. The van der Waals surface area contributed by atoms with Crippen molar-refractivity contribution in [1.82, 2.24) is 20.2 Å². The average Bonchev–Trinajstić information content (AvgIpc) is 3.59. The Hall–Kier alpha value is -1.98. The van der Waals surface area contributed by atoms with Crippen LogP contribution in [0.5, 0.6) is 5.75 Å². The molecular weight excluding hydrogens is 506 g/mol. The SMILES string of the molecule is CCCC.CN(C)S(=O)(=O)NC(=O)c1cc(Cl)c(COc2cnc(C3CC3)c(Cl)c2)cc1F.N. The molecule has 1 aliphatic rings. The molecule has 1 saturated carbocycles. The zero-order valence-corrected chi connectivity index (χ0v) is 22.0. The Morgan fingerprint density at radius 1 is 1.18 bits per heavy atom. The number of carbonyl (C=O) groups is 1. The van der Waals surface area contributed by atoms with Crippen molar-refractivity contribution < 1.29 is 22.3 Å². The number of hydrogen-bond acceptors (Lipinski definition) is 6. The lowest BCUT2D eigenvalue weighted by Crippen LogP contribution is -2.39. The number of nitrogens with zero attached hydrogens (tertiary/aromatic N) is 2. The highest BCUT2D eigenvalue weighted by molar-refractivity contribution is 7.87. The number of carbonyl (C=O) groups excluding carboxylic acids is 1. The van der Waals surface area contributed by atoms with Crippen LogP contribution in [0.1, 0.15) is 67.1 Å². The highest BCUT2D eigenvalue weighted by atomic mass is 35.5. The van der Waals surface area contributed by atoms with Crippen LogP contribution in [0.15, 0.2) is 24.4 Å². The third kappa shape index (κ3) is 8.35. The van der Waals surface area contributed by atoms with Gasteiger partial charge in [-0.2, -0.15) is 12.7 Å². The van der Waals surface area contributed by atoms with Crippen LogP contribution in [0.3, 0.4) is 0 Å². The minimum atomic E-state index is -4.06. The summed E-state index contributed by atoms with van der Waals surface area (Å²) in [5.74, 6) is -1.26. The van der Waals surface area contributed by atoms with E-state index >= 15 is 0 Å². The fourth-order valence-electron chi connectivity index (χ4n) is 2.46. The Morgan fingerprint density at radius 2 is 1.79 bits per heavy atom. The van der Waals surface area contributed by atoms with Crippen molar-refractivity contribution in [3.8, 4) is 5.75 Å². The molecular formula is C22H31Cl2FN4O4S. The number of hydrogen-bond donors (Lipinski definition) is 2. The average molecular weight is 537 g/mol. The molecule has 0 spiro atoms. The summed E-state index contributed by atoms with van der Waals surface area (Å²) in [6.45, 7) is 4.27. The van der Waals surface area contributed by atoms with E-state index in [4.69, 9.17) is 27.9 Å². The Labute approximate surface area is 210 Å². The van der Waals surface area contributed by atoms with Gasteiger partial charge >= 0.3 is 10.2 Å². The van der Waals surface area contributed by atoms with E-state index in [1.807, 2.05) is 0 Å². The van der Waals surface area contributed by atoms with Crippen molar-refractivity contribution in [2.75, 3.05) is 14.1 Å². The standard InChI is InChI=1S/C18H18Cl2FN3O4S.C4H10.H3N/c1-24(2)29(26,27)23-18(25)13-7-14(19)11(5-16(13)21)9-28-12-6-15(20)17(22-8-12)10-3-4-10;1-3-4-2;/h5-8,10H,3-4,9H2,1-2H3,(H,23,25);3-4H2,1-2H3;1H3. The summed E-state index contributed by atoms with van der Waals surface area (Å²) in [7, 11) is -1.59. The normalized spacial score (nSPS) is 12.9. The summed E-state index contributed by atoms with van der Waals surface area (Å²) in [6, 6.07) is 3.71. The maximum absolute atomic E-state index is 14.4. The van der Waals surface area contributed by atoms with Gasteiger partial charge in [0, 0.05) is 36.7 Å². The summed E-state index contributed by atoms with van der Waals surface area (Å²) >= 11 is 12.3. The van der Waals surface area contributed by atoms with Gasteiger partial charge in [-0.3, -0.25) is 9.78 Å². The molecule has 0 atom stereocenters. The molecule has 8 nitrogen and oxygen atoms in total. The van der Waals surface area contributed by atoms with E-state index in [2.05, 4.69) is 18.8 Å². The zero-order chi connectivity index (χ0) is 24.8. The molecule has 1 aromatic carbocycles. The van der Waals surface area contributed by atoms with Crippen LogP contribution < -0.4 is 15.6 Å². The lowest BCUT2D eigenvalue weighted by atomic mass is 10.1. The molecule has 1 heterocycles. The maximum atomic E-state index is 14.4. The number of halogens is 3. The molecule has 4 N–H and O–H groups in total. The Kier molecular flexibility index (Phi) is 11.7. The molecule has 0 aliphatic heterocycles. The van der Waals surface area contributed by atoms with Crippen LogP contribution >= 0.6 is 23.2 Å². The molecule has 3 rings (SSSR count). The number of unbranched alkanes of at least 4 members (excludes halogenated alkanes) is 1. The number of amides is 1. The molecule has 0 radical (unpaired) electrons. The highest BCUT2D eigenvalue weighted by Gasteiger charge is 2.27. The Balaban J connectivity index is 0.00000107. The topological polar surface area (TPSA) is 124 Å². The van der Waals surface area contributed by atoms with Gasteiger partial charge in [0.15, 0.2) is 0 Å². The van der Waals surface area contributed by atoms with E-state index in [1.54, 1.807) is 10.8 Å². The van der Waals surface area contributed by atoms with Gasteiger partial charge in [-0.1, -0.05) is 49.9 Å². The molecule has 34 heavy (non-hydrogen) atoms. The fraction of sp³-hybridized carbons (Fsp3) is 0.455. The molecule has 1 fully saturated rings. The summed E-state index contributed by atoms with van der Waals surface area (Å²) < 4.78 is 46.0. The molecule has 0 bridgehead atoms. The monoisotopic (exact) mass is 536 g/mol. The van der Waals surface area contributed by atoms with Crippen LogP contribution in [0.4, 0.5) is 4.39 Å². The molecule has 0 unspecified atom stereocenters. The van der Waals surface area contributed by atoms with E-state index in [1.165, 1.54) is 33.1 Å². The first kappa shape index (κ1) is 30.1. The second-order valence-corrected chi connectivity index (χ2v) is 10.4. The van der Waals surface area contributed by atoms with Crippen LogP contribution in [0.25, 0.3) is 0 Å². The summed E-state index contributed by atoms with van der Waals surface area (Å²) in [5, 5.41) is 0.559. The van der Waals surface area contributed by atoms with Crippen LogP contribution in [0.2, 0.25) is 10.0 Å². The first-order valence-corrected chi connectivity index (χ1v) is 12.7. The van der Waals surface area contributed by atoms with Crippen molar-refractivity contribution >= 4 is 39.3 Å². The Bertz CT molecular complexity index is 1090. The van der Waals surface area contributed by atoms with Crippen LogP contribution in [-0.4, -0.2) is 37.7 Å². The van der Waals surface area contributed by atoms with Crippen molar-refractivity contribution in [1.29, 1.82) is 0 Å². The van der Waals surface area contributed by atoms with Gasteiger partial charge in [0.2, 0.25) is 0 Å². The largest absolute Gasteiger partial charge is 0.487 e. The third-order valence-corrected chi connectivity index (χ3v) is 6.85. The lowest BCUT2D eigenvalue weighted by molar-refractivity contribution is 0.0975. The van der Waals surface area contributed by atoms with Crippen LogP contribution in [0, 0.1) is 5.82 Å². The molecule has 2 aromatic rings. The van der Waals surface area contributed by atoms with Gasteiger partial charge in [0.1, 0.15) is 18.2 Å². The van der Waals surface area contributed by atoms with Gasteiger partial charge < -0.3 is 10.9 Å². The van der Waals surface area contributed by atoms with Gasteiger partial charge in [-0.25, -0.2) is 9.11 Å². The number of ether oxygens (including phenoxy) is 1. The second-order valence-electron chi connectivity index (χ2n) is 7.74. The predicted molar refractivity (Wildman–Crippen MR) is 133 cm³/mol. The summed E-state index contributed by atoms with van der Waals surface area (Å²) in [6.07, 6.45) is 6.31. The molecule has 0 saturated heterocycles. The highest BCUT2D eigenvalue weighted by Crippen LogP contribution is 2.42. The lowest BCUT2D eigenvalue weighted by Gasteiger charge is -2.14. The van der Waals surface area contributed by atoms with Gasteiger partial charge in [0.25, 0.3) is 5.91 Å². The van der Waals surface area contributed by atoms with Crippen molar-refractivity contribution in [3.05, 3.63) is 57.1 Å². The molecule has 1 aromatic heterocycles. The smallest absolute Gasteiger partial charge is 0.303 e. The molecule has 12 heteroatoms. The summed E-state index contributed by atoms with van der Waals surface area (Å²) in [4.78, 5) is 16.4. The van der Waals surface area contributed by atoms with Crippen molar-refractivity contribution in [3.63, 3.8) is 0 Å². The number of aromatic nitrogens is 1. The number of pyridine rings is 1. The van der Waals surface area contributed by atoms with E-state index in [9.17, 15) is 17.6 Å². The second kappa shape index (κ2) is 13.2. The number of rotatable bonds is 8. The Morgan fingerprint density at radius 3 is 2.29 bits per heavy atom. The summed E-state index contributed by atoms with van der Waals surface area (Å²) in [5.41, 5.74) is 0.618. The van der Waals surface area contributed by atoms with Gasteiger partial charge in [-0.15, -0.1) is 0 Å². The minimum absolute atomic E-state index is 0. The first-order chi connectivity index (χ1) is 15.5. The van der Waals surface area contributed by atoms with Gasteiger partial charge in [-0.05, 0) is 25.0 Å². The minimum Gasteiger partial charge on any atom is -0.487 e. The quantitative estimate of drug-likeness (QED) is 0.459. The first-order valence-electron chi connectivity index (χ1n) is 10.5. The van der Waals surface area contributed by atoms with Crippen LogP contribution in [-0.2, 0) is 16.8 Å². The van der Waals surface area contributed by atoms with Crippen molar-refractivity contribution in [2.45, 2.75) is 52.1 Å². The molecule has 190 valence electrons. The third-order valence-electron chi connectivity index (χ3n) is 4.79. The number of nitrogens with one attached hydrogen (secondary N) is 1. The van der Waals surface area contributed by atoms with E-state index in [0.717, 1.165) is 35.0 Å². The molecule has 1 aliphatic carbocycles. The zero-order valence-electron chi connectivity index (χ0n) is 19.7. The maximum Gasteiger partial charge on any atom is 0.303 e. The van der Waals surface area contributed by atoms with E-state index in [-0.39, 0.29) is 23.3 Å². The number of benzene rings is 1. The van der Waals surface area contributed by atoms with E-state index in [0.29, 0.717) is 16.7 Å². The predicted octanol–water partition coefficient (Wildman–Crippen LogP) is 5.49.